The summed E-state index contributed by atoms with van der Waals surface area (Å²) in [5, 5.41) is 12.3. The van der Waals surface area contributed by atoms with Gasteiger partial charge < -0.3 is 5.32 Å². The largest absolute Gasteiger partial charge is 0.311 e. The lowest BCUT2D eigenvalue weighted by Gasteiger charge is -2.38. The molecule has 0 saturated carbocycles. The first-order valence-corrected chi connectivity index (χ1v) is 6.59. The third-order valence-corrected chi connectivity index (χ3v) is 3.56. The maximum absolute atomic E-state index is 8.90. The molecule has 3 heteroatoms. The zero-order valence-electron chi connectivity index (χ0n) is 11.2. The average Bonchev–Trinajstić information content (AvgIpc) is 2.36. The second-order valence-corrected chi connectivity index (χ2v) is 5.24. The highest BCUT2D eigenvalue weighted by atomic mass is 15.2. The smallest absolute Gasteiger partial charge is 0.0638 e. The molecule has 1 N–H and O–H groups in total. The van der Waals surface area contributed by atoms with Crippen LogP contribution in [0.25, 0.3) is 0 Å². The van der Waals surface area contributed by atoms with Crippen LogP contribution >= 0.6 is 0 Å². The summed E-state index contributed by atoms with van der Waals surface area (Å²) >= 11 is 0. The quantitative estimate of drug-likeness (QED) is 0.883. The van der Waals surface area contributed by atoms with Crippen molar-refractivity contribution in [2.75, 3.05) is 13.1 Å². The number of rotatable bonds is 3. The molecule has 1 aliphatic heterocycles. The molecule has 1 fully saturated rings. The highest BCUT2D eigenvalue weighted by Gasteiger charge is 2.25. The second-order valence-electron chi connectivity index (χ2n) is 5.24. The molecule has 2 atom stereocenters. The molecule has 0 radical (unpaired) electrons. The zero-order chi connectivity index (χ0) is 13.0. The van der Waals surface area contributed by atoms with Gasteiger partial charge in [0.05, 0.1) is 12.5 Å². The van der Waals surface area contributed by atoms with Crippen molar-refractivity contribution >= 4 is 0 Å². The molecule has 1 aliphatic rings. The van der Waals surface area contributed by atoms with E-state index in [2.05, 4.69) is 54.4 Å². The van der Waals surface area contributed by atoms with Crippen molar-refractivity contribution in [3.8, 4) is 6.07 Å². The Hall–Kier alpha value is -1.37. The Morgan fingerprint density at radius 2 is 2.11 bits per heavy atom. The highest BCUT2D eigenvalue weighted by molar-refractivity contribution is 5.21. The van der Waals surface area contributed by atoms with Crippen LogP contribution in [0.3, 0.4) is 0 Å². The van der Waals surface area contributed by atoms with Crippen molar-refractivity contribution in [3.05, 3.63) is 35.4 Å². The lowest BCUT2D eigenvalue weighted by atomic mass is 10.1. The van der Waals surface area contributed by atoms with Gasteiger partial charge in [0.2, 0.25) is 0 Å². The van der Waals surface area contributed by atoms with Gasteiger partial charge in [-0.3, -0.25) is 4.90 Å². The van der Waals surface area contributed by atoms with Crippen LogP contribution in [0.1, 0.15) is 24.5 Å². The van der Waals surface area contributed by atoms with E-state index in [1.165, 1.54) is 11.1 Å². The normalized spacial score (nSPS) is 24.7. The summed E-state index contributed by atoms with van der Waals surface area (Å²) in [6, 6.07) is 11.8. The van der Waals surface area contributed by atoms with Gasteiger partial charge in [-0.1, -0.05) is 29.8 Å². The number of piperazine rings is 1. The lowest BCUT2D eigenvalue weighted by molar-refractivity contribution is 0.129. The monoisotopic (exact) mass is 243 g/mol. The van der Waals surface area contributed by atoms with E-state index in [4.69, 9.17) is 5.26 Å². The van der Waals surface area contributed by atoms with Gasteiger partial charge in [0.1, 0.15) is 0 Å². The minimum absolute atomic E-state index is 0.340. The Morgan fingerprint density at radius 1 is 1.39 bits per heavy atom. The van der Waals surface area contributed by atoms with E-state index in [0.717, 1.165) is 19.6 Å². The van der Waals surface area contributed by atoms with Crippen LogP contribution in [0.15, 0.2) is 24.3 Å². The number of hydrogen-bond acceptors (Lipinski definition) is 3. The first kappa shape index (κ1) is 13.1. The van der Waals surface area contributed by atoms with Crippen molar-refractivity contribution < 1.29 is 0 Å². The maximum atomic E-state index is 8.90. The van der Waals surface area contributed by atoms with Gasteiger partial charge in [-0.2, -0.15) is 5.26 Å². The molecule has 3 nitrogen and oxygen atoms in total. The SMILES string of the molecule is Cc1ccc(CN2CC(C)NCC2CC#N)cc1. The molecule has 1 heterocycles. The lowest BCUT2D eigenvalue weighted by Crippen LogP contribution is -2.54. The van der Waals surface area contributed by atoms with Crippen LogP contribution in [-0.4, -0.2) is 30.1 Å². The number of aryl methyl sites for hydroxylation is 1. The number of nitrogens with one attached hydrogen (secondary N) is 1. The summed E-state index contributed by atoms with van der Waals surface area (Å²) in [6.07, 6.45) is 0.603. The standard InChI is InChI=1S/C15H21N3/c1-12-3-5-14(6-4-12)11-18-10-13(2)17-9-15(18)7-8-16/h3-6,13,15,17H,7,9-11H2,1-2H3. The van der Waals surface area contributed by atoms with Gasteiger partial charge in [0.15, 0.2) is 0 Å². The maximum Gasteiger partial charge on any atom is 0.0638 e. The first-order chi connectivity index (χ1) is 8.69. The first-order valence-electron chi connectivity index (χ1n) is 6.59. The van der Waals surface area contributed by atoms with E-state index in [1.54, 1.807) is 0 Å². The zero-order valence-corrected chi connectivity index (χ0v) is 11.2. The summed E-state index contributed by atoms with van der Waals surface area (Å²) in [5.41, 5.74) is 2.62. The Morgan fingerprint density at radius 3 is 2.78 bits per heavy atom. The van der Waals surface area contributed by atoms with Gasteiger partial charge in [0, 0.05) is 31.7 Å². The summed E-state index contributed by atoms with van der Waals surface area (Å²) in [7, 11) is 0. The fourth-order valence-corrected chi connectivity index (χ4v) is 2.46. The topological polar surface area (TPSA) is 39.1 Å². The van der Waals surface area contributed by atoms with Crippen molar-refractivity contribution in [1.82, 2.24) is 10.2 Å². The molecule has 18 heavy (non-hydrogen) atoms. The molecular formula is C15H21N3. The molecule has 96 valence electrons. The second kappa shape index (κ2) is 5.99. The van der Waals surface area contributed by atoms with E-state index >= 15 is 0 Å². The molecule has 0 aromatic heterocycles. The summed E-state index contributed by atoms with van der Waals surface area (Å²) in [4.78, 5) is 2.43. The molecule has 1 saturated heterocycles. The molecule has 0 bridgehead atoms. The summed E-state index contributed by atoms with van der Waals surface area (Å²) < 4.78 is 0. The Bertz CT molecular complexity index is 418. The van der Waals surface area contributed by atoms with E-state index in [9.17, 15) is 0 Å². The number of hydrogen-bond donors (Lipinski definition) is 1. The van der Waals surface area contributed by atoms with E-state index in [-0.39, 0.29) is 0 Å². The van der Waals surface area contributed by atoms with Crippen molar-refractivity contribution in [3.63, 3.8) is 0 Å². The Balaban J connectivity index is 2.04. The highest BCUT2D eigenvalue weighted by Crippen LogP contribution is 2.15. The van der Waals surface area contributed by atoms with Crippen molar-refractivity contribution in [1.29, 1.82) is 5.26 Å². The Kier molecular flexibility index (Phi) is 4.35. The van der Waals surface area contributed by atoms with Crippen LogP contribution in [0.5, 0.6) is 0 Å². The molecule has 0 spiro atoms. The van der Waals surface area contributed by atoms with E-state index in [1.807, 2.05) is 0 Å². The van der Waals surface area contributed by atoms with Gasteiger partial charge in [-0.25, -0.2) is 0 Å². The molecule has 1 aromatic rings. The van der Waals surface area contributed by atoms with Crippen LogP contribution in [0, 0.1) is 18.3 Å². The molecule has 1 aromatic carbocycles. The third-order valence-electron chi connectivity index (χ3n) is 3.56. The summed E-state index contributed by atoms with van der Waals surface area (Å²) in [5.74, 6) is 0. The predicted octanol–water partition coefficient (Wildman–Crippen LogP) is 2.07. The minimum atomic E-state index is 0.340. The molecule has 2 unspecified atom stereocenters. The predicted molar refractivity (Wildman–Crippen MR) is 73.1 cm³/mol. The van der Waals surface area contributed by atoms with Gasteiger partial charge in [0.25, 0.3) is 0 Å². The molecule has 0 aliphatic carbocycles. The van der Waals surface area contributed by atoms with Crippen molar-refractivity contribution in [2.24, 2.45) is 0 Å². The van der Waals surface area contributed by atoms with Crippen LogP contribution in [-0.2, 0) is 6.54 Å². The number of nitrogens with zero attached hydrogens (tertiary/aromatic N) is 2. The minimum Gasteiger partial charge on any atom is -0.311 e. The number of benzene rings is 1. The van der Waals surface area contributed by atoms with Crippen LogP contribution in [0.2, 0.25) is 0 Å². The molecule has 2 rings (SSSR count). The van der Waals surface area contributed by atoms with Gasteiger partial charge >= 0.3 is 0 Å². The van der Waals surface area contributed by atoms with Crippen LogP contribution in [0.4, 0.5) is 0 Å². The molecule has 0 amide bonds. The fraction of sp³-hybridized carbons (Fsp3) is 0.533. The van der Waals surface area contributed by atoms with Crippen LogP contribution < -0.4 is 5.32 Å². The van der Waals surface area contributed by atoms with E-state index < -0.39 is 0 Å². The van der Waals surface area contributed by atoms with E-state index in [0.29, 0.717) is 18.5 Å². The molecular weight excluding hydrogens is 222 g/mol. The van der Waals surface area contributed by atoms with Crippen molar-refractivity contribution in [2.45, 2.75) is 38.9 Å². The summed E-state index contributed by atoms with van der Waals surface area (Å²) in [6.45, 7) is 7.18. The average molecular weight is 243 g/mol. The Labute approximate surface area is 109 Å². The third kappa shape index (κ3) is 3.32. The van der Waals surface area contributed by atoms with Gasteiger partial charge in [-0.15, -0.1) is 0 Å². The van der Waals surface area contributed by atoms with Gasteiger partial charge in [-0.05, 0) is 19.4 Å². The fourth-order valence-electron chi connectivity index (χ4n) is 2.46. The number of nitriles is 1.